The molecule has 0 spiro atoms. The van der Waals surface area contributed by atoms with Gasteiger partial charge in [-0.25, -0.2) is 0 Å². The van der Waals surface area contributed by atoms with Gasteiger partial charge in [0.25, 0.3) is 0 Å². The van der Waals surface area contributed by atoms with E-state index < -0.39 is 16.9 Å². The van der Waals surface area contributed by atoms with Crippen LogP contribution < -0.4 is 0 Å². The molecule has 35 heavy (non-hydrogen) atoms. The van der Waals surface area contributed by atoms with Gasteiger partial charge in [-0.05, 0) is 97.7 Å². The minimum atomic E-state index is -0.594. The van der Waals surface area contributed by atoms with Gasteiger partial charge in [-0.15, -0.1) is 0 Å². The number of fused-ring (bicyclic) bond motifs is 7. The molecule has 0 heterocycles. The second-order valence-electron chi connectivity index (χ2n) is 15.5. The largest absolute Gasteiger partial charge is 0.392 e. The first kappa shape index (κ1) is 25.6. The van der Waals surface area contributed by atoms with Crippen LogP contribution in [-0.4, -0.2) is 28.6 Å². The van der Waals surface area contributed by atoms with E-state index in [4.69, 9.17) is 0 Å². The first-order valence-corrected chi connectivity index (χ1v) is 14.3. The number of ketones is 3. The smallest absolute Gasteiger partial charge is 0.204 e. The first-order chi connectivity index (χ1) is 16.0. The van der Waals surface area contributed by atoms with Crippen molar-refractivity contribution in [2.45, 2.75) is 119 Å². The number of aliphatic hydroxyl groups excluding tert-OH is 1. The number of carbonyl (C=O) groups excluding carboxylic acids is 3. The van der Waals surface area contributed by atoms with Gasteiger partial charge in [0.15, 0.2) is 5.78 Å². The fourth-order valence-corrected chi connectivity index (χ4v) is 11.4. The lowest BCUT2D eigenvalue weighted by Gasteiger charge is -2.73. The summed E-state index contributed by atoms with van der Waals surface area (Å²) in [6, 6.07) is 0. The van der Waals surface area contributed by atoms with Gasteiger partial charge in [-0.1, -0.05) is 48.5 Å². The summed E-state index contributed by atoms with van der Waals surface area (Å²) in [6.45, 7) is 17.4. The minimum Gasteiger partial charge on any atom is -0.392 e. The van der Waals surface area contributed by atoms with Gasteiger partial charge < -0.3 is 5.11 Å². The second kappa shape index (κ2) is 7.29. The van der Waals surface area contributed by atoms with E-state index in [0.29, 0.717) is 18.3 Å². The maximum absolute atomic E-state index is 13.2. The van der Waals surface area contributed by atoms with Crippen LogP contribution in [0.15, 0.2) is 0 Å². The molecule has 196 valence electrons. The molecule has 0 aromatic carbocycles. The van der Waals surface area contributed by atoms with Gasteiger partial charge in [0, 0.05) is 23.2 Å². The van der Waals surface area contributed by atoms with E-state index in [9.17, 15) is 19.5 Å². The molecule has 4 heteroatoms. The van der Waals surface area contributed by atoms with E-state index in [-0.39, 0.29) is 50.8 Å². The zero-order valence-corrected chi connectivity index (χ0v) is 23.4. The lowest BCUT2D eigenvalue weighted by Crippen LogP contribution is -2.69. The Balaban J connectivity index is 1.59. The summed E-state index contributed by atoms with van der Waals surface area (Å²) < 4.78 is 0. The summed E-state index contributed by atoms with van der Waals surface area (Å²) in [4.78, 5) is 39.2. The Bertz CT molecular complexity index is 978. The lowest BCUT2D eigenvalue weighted by molar-refractivity contribution is -0.255. The summed E-state index contributed by atoms with van der Waals surface area (Å²) in [5, 5.41) is 11.8. The number of Topliss-reactive ketones (excluding diaryl/α,β-unsaturated/α-hetero) is 3. The number of carbonyl (C=O) groups is 3. The standard InChI is InChI=1S/C31H48O4/c1-18(32)31-15-13-26(2,3)25(35)23(31)19-9-10-22-28(6)17-20(33)24(34)27(4,5)21(28)11-12-30(22,8)29(19,7)14-16-31/h19,21-23,25,35H,9-17H2,1-8H3/t19?,21?,22?,23?,25?,28-,29-,30+,31?/m0/s1. The monoisotopic (exact) mass is 484 g/mol. The zero-order chi connectivity index (χ0) is 26.0. The fourth-order valence-electron chi connectivity index (χ4n) is 11.4. The van der Waals surface area contributed by atoms with Crippen LogP contribution in [0.4, 0.5) is 0 Å². The molecule has 9 atom stereocenters. The minimum absolute atomic E-state index is 0.0105. The summed E-state index contributed by atoms with van der Waals surface area (Å²) in [6.07, 6.45) is 7.69. The molecule has 5 rings (SSSR count). The van der Waals surface area contributed by atoms with Crippen LogP contribution in [0.25, 0.3) is 0 Å². The van der Waals surface area contributed by atoms with Crippen molar-refractivity contribution in [1.29, 1.82) is 0 Å². The molecule has 0 amide bonds. The van der Waals surface area contributed by atoms with Crippen LogP contribution in [0.5, 0.6) is 0 Å². The molecule has 6 unspecified atom stereocenters. The van der Waals surface area contributed by atoms with Crippen LogP contribution in [0.1, 0.15) is 113 Å². The molecule has 4 nitrogen and oxygen atoms in total. The number of aliphatic hydroxyl groups is 1. The fraction of sp³-hybridized carbons (Fsp3) is 0.903. The van der Waals surface area contributed by atoms with Gasteiger partial charge in [-0.3, -0.25) is 14.4 Å². The summed E-state index contributed by atoms with van der Waals surface area (Å²) in [5.74, 6) is 0.874. The Kier molecular flexibility index (Phi) is 5.34. The third-order valence-electron chi connectivity index (χ3n) is 13.7. The Labute approximate surface area is 212 Å². The highest BCUT2D eigenvalue weighted by molar-refractivity contribution is 6.39. The molecule has 0 saturated heterocycles. The maximum Gasteiger partial charge on any atom is 0.204 e. The van der Waals surface area contributed by atoms with Crippen LogP contribution in [0.3, 0.4) is 0 Å². The Hall–Kier alpha value is -1.03. The molecule has 0 radical (unpaired) electrons. The predicted octanol–water partition coefficient (Wildman–Crippen LogP) is 6.18. The zero-order valence-electron chi connectivity index (χ0n) is 23.4. The van der Waals surface area contributed by atoms with Crippen molar-refractivity contribution in [3.63, 3.8) is 0 Å². The van der Waals surface area contributed by atoms with Crippen LogP contribution in [0.2, 0.25) is 0 Å². The molecule has 5 aliphatic carbocycles. The van der Waals surface area contributed by atoms with Crippen molar-refractivity contribution in [1.82, 2.24) is 0 Å². The van der Waals surface area contributed by atoms with E-state index in [1.165, 1.54) is 0 Å². The first-order valence-electron chi connectivity index (χ1n) is 14.3. The predicted molar refractivity (Wildman–Crippen MR) is 137 cm³/mol. The van der Waals surface area contributed by atoms with E-state index in [1.54, 1.807) is 6.92 Å². The lowest BCUT2D eigenvalue weighted by atomic mass is 9.31. The number of hydrogen-bond acceptors (Lipinski definition) is 4. The highest BCUT2D eigenvalue weighted by Crippen LogP contribution is 2.76. The average Bonchev–Trinajstić information content (AvgIpc) is 2.75. The summed E-state index contributed by atoms with van der Waals surface area (Å²) in [7, 11) is 0. The molecule has 0 aromatic rings. The van der Waals surface area contributed by atoms with Crippen LogP contribution >= 0.6 is 0 Å². The Morgan fingerprint density at radius 2 is 1.43 bits per heavy atom. The van der Waals surface area contributed by atoms with Crippen molar-refractivity contribution < 1.29 is 19.5 Å². The molecule has 5 fully saturated rings. The van der Waals surface area contributed by atoms with Gasteiger partial charge in [0.2, 0.25) is 5.78 Å². The van der Waals surface area contributed by atoms with Crippen molar-refractivity contribution >= 4 is 17.3 Å². The second-order valence-corrected chi connectivity index (χ2v) is 15.5. The molecule has 0 aromatic heterocycles. The van der Waals surface area contributed by atoms with Gasteiger partial charge >= 0.3 is 0 Å². The van der Waals surface area contributed by atoms with Crippen LogP contribution in [0, 0.1) is 56.2 Å². The topological polar surface area (TPSA) is 71.4 Å². The maximum atomic E-state index is 13.2. The van der Waals surface area contributed by atoms with Crippen molar-refractivity contribution in [2.75, 3.05) is 0 Å². The Morgan fingerprint density at radius 3 is 2.06 bits per heavy atom. The SMILES string of the molecule is CC(=O)C12CCC(C)(C)C(O)C1C1CCC3[C@@]4(C)CC(=O)C(=O)C(C)(C)C4CC[C@@]3(C)[C@@]1(C)CC2. The summed E-state index contributed by atoms with van der Waals surface area (Å²) in [5.41, 5.74) is -1.29. The van der Waals surface area contributed by atoms with Gasteiger partial charge in [0.05, 0.1) is 6.10 Å². The Morgan fingerprint density at radius 1 is 0.800 bits per heavy atom. The molecule has 1 N–H and O–H groups in total. The number of hydrogen-bond donors (Lipinski definition) is 1. The normalized spacial score (nSPS) is 52.5. The van der Waals surface area contributed by atoms with Crippen LogP contribution in [-0.2, 0) is 14.4 Å². The molecule has 5 saturated carbocycles. The quantitative estimate of drug-likeness (QED) is 0.451. The molecule has 0 bridgehead atoms. The third-order valence-corrected chi connectivity index (χ3v) is 13.7. The van der Waals surface area contributed by atoms with Crippen molar-refractivity contribution in [2.24, 2.45) is 56.2 Å². The molecular formula is C31H48O4. The van der Waals surface area contributed by atoms with E-state index in [0.717, 1.165) is 51.4 Å². The average molecular weight is 485 g/mol. The van der Waals surface area contributed by atoms with E-state index >= 15 is 0 Å². The highest BCUT2D eigenvalue weighted by Gasteiger charge is 2.72. The van der Waals surface area contributed by atoms with Gasteiger partial charge in [-0.2, -0.15) is 0 Å². The molecule has 0 aliphatic heterocycles. The van der Waals surface area contributed by atoms with E-state index in [2.05, 4.69) is 34.6 Å². The highest BCUT2D eigenvalue weighted by atomic mass is 16.3. The van der Waals surface area contributed by atoms with Crippen molar-refractivity contribution in [3.8, 4) is 0 Å². The summed E-state index contributed by atoms with van der Waals surface area (Å²) >= 11 is 0. The molecule has 5 aliphatic rings. The van der Waals surface area contributed by atoms with Gasteiger partial charge in [0.1, 0.15) is 5.78 Å². The third kappa shape index (κ3) is 2.93. The number of rotatable bonds is 1. The van der Waals surface area contributed by atoms with E-state index in [1.807, 2.05) is 13.8 Å². The molecular weight excluding hydrogens is 436 g/mol. The van der Waals surface area contributed by atoms with Crippen molar-refractivity contribution in [3.05, 3.63) is 0 Å².